The molecule has 2 heterocycles. The van der Waals surface area contributed by atoms with Gasteiger partial charge in [0.25, 0.3) is 0 Å². The third-order valence-corrected chi connectivity index (χ3v) is 8.52. The van der Waals surface area contributed by atoms with E-state index in [-0.39, 0.29) is 0 Å². The van der Waals surface area contributed by atoms with Crippen molar-refractivity contribution in [2.24, 2.45) is 0 Å². The Kier molecular flexibility index (Phi) is 5.20. The fourth-order valence-corrected chi connectivity index (χ4v) is 6.63. The fraction of sp³-hybridized carbons (Fsp3) is 0. The molecule has 43 heavy (non-hydrogen) atoms. The van der Waals surface area contributed by atoms with E-state index in [2.05, 4.69) is 155 Å². The molecule has 2 aromatic heterocycles. The van der Waals surface area contributed by atoms with Crippen molar-refractivity contribution >= 4 is 71.6 Å². The number of rotatable bonds is 4. The molecule has 9 rings (SSSR count). The van der Waals surface area contributed by atoms with Crippen LogP contribution in [0.1, 0.15) is 0 Å². The quantitative estimate of drug-likeness (QED) is 0.217. The molecule has 7 aromatic carbocycles. The number of benzene rings is 7. The zero-order valence-corrected chi connectivity index (χ0v) is 23.3. The molecule has 0 radical (unpaired) electrons. The maximum absolute atomic E-state index is 6.20. The lowest BCUT2D eigenvalue weighted by atomic mass is 10.0. The summed E-state index contributed by atoms with van der Waals surface area (Å²) in [6.07, 6.45) is 0. The number of hydrogen-bond donors (Lipinski definition) is 0. The van der Waals surface area contributed by atoms with E-state index in [1.165, 1.54) is 27.2 Å². The highest BCUT2D eigenvalue weighted by atomic mass is 16.3. The highest BCUT2D eigenvalue weighted by Gasteiger charge is 2.21. The SMILES string of the molecule is c1ccc(N(c2ccc3cc4oc5ccccc5c4cc3c2)c2cccc3c4ccccc4n(-c4ccccc4)c23)cc1. The molecular weight excluding hydrogens is 524 g/mol. The topological polar surface area (TPSA) is 21.3 Å². The Hall–Kier alpha value is -5.80. The van der Waals surface area contributed by atoms with Gasteiger partial charge < -0.3 is 13.9 Å². The summed E-state index contributed by atoms with van der Waals surface area (Å²) in [7, 11) is 0. The van der Waals surface area contributed by atoms with Gasteiger partial charge >= 0.3 is 0 Å². The Morgan fingerprint density at radius 2 is 1.16 bits per heavy atom. The Labute approximate surface area is 248 Å². The predicted molar refractivity (Wildman–Crippen MR) is 180 cm³/mol. The number of anilines is 3. The lowest BCUT2D eigenvalue weighted by molar-refractivity contribution is 0.669. The van der Waals surface area contributed by atoms with Crippen LogP contribution in [0.4, 0.5) is 17.1 Å². The highest BCUT2D eigenvalue weighted by molar-refractivity contribution is 6.15. The maximum Gasteiger partial charge on any atom is 0.136 e. The molecule has 0 aliphatic rings. The standard InChI is InChI=1S/C40H26N2O/c1-3-12-29(13-4-1)41(31-23-22-27-26-39-35(25-28(27)24-31)33-17-8-10-21-38(33)43-39)37-20-11-18-34-32-16-7-9-19-36(32)42(40(34)37)30-14-5-2-6-15-30/h1-26H. The smallest absolute Gasteiger partial charge is 0.136 e. The first-order chi connectivity index (χ1) is 21.3. The predicted octanol–water partition coefficient (Wildman–Crippen LogP) is 11.3. The minimum Gasteiger partial charge on any atom is -0.456 e. The van der Waals surface area contributed by atoms with Crippen molar-refractivity contribution in [3.8, 4) is 5.69 Å². The first kappa shape index (κ1) is 23.9. The lowest BCUT2D eigenvalue weighted by Gasteiger charge is -2.27. The molecule has 0 unspecified atom stereocenters. The minimum absolute atomic E-state index is 0.915. The van der Waals surface area contributed by atoms with Crippen LogP contribution in [0.5, 0.6) is 0 Å². The molecule has 0 fully saturated rings. The molecule has 0 saturated heterocycles. The molecule has 0 aliphatic heterocycles. The van der Waals surface area contributed by atoms with Crippen LogP contribution in [0.3, 0.4) is 0 Å². The third-order valence-electron chi connectivity index (χ3n) is 8.52. The van der Waals surface area contributed by atoms with Gasteiger partial charge in [-0.25, -0.2) is 0 Å². The Bertz CT molecular complexity index is 2450. The van der Waals surface area contributed by atoms with Crippen molar-refractivity contribution in [3.05, 3.63) is 158 Å². The Morgan fingerprint density at radius 1 is 0.442 bits per heavy atom. The summed E-state index contributed by atoms with van der Waals surface area (Å²) >= 11 is 0. The van der Waals surface area contributed by atoms with Crippen LogP contribution in [0, 0.1) is 0 Å². The van der Waals surface area contributed by atoms with Gasteiger partial charge in [-0.05, 0) is 77.5 Å². The summed E-state index contributed by atoms with van der Waals surface area (Å²) < 4.78 is 8.60. The summed E-state index contributed by atoms with van der Waals surface area (Å²) in [5, 5.41) is 7.07. The Balaban J connectivity index is 1.35. The first-order valence-corrected chi connectivity index (χ1v) is 14.6. The van der Waals surface area contributed by atoms with E-state index in [0.29, 0.717) is 0 Å². The Morgan fingerprint density at radius 3 is 2.02 bits per heavy atom. The van der Waals surface area contributed by atoms with Gasteiger partial charge in [0.2, 0.25) is 0 Å². The van der Waals surface area contributed by atoms with Gasteiger partial charge in [0, 0.05) is 38.6 Å². The number of hydrogen-bond acceptors (Lipinski definition) is 2. The second-order valence-electron chi connectivity index (χ2n) is 11.0. The molecule has 0 spiro atoms. The summed E-state index contributed by atoms with van der Waals surface area (Å²) in [4.78, 5) is 2.39. The zero-order chi connectivity index (χ0) is 28.3. The number of nitrogens with zero attached hydrogens (tertiary/aromatic N) is 2. The molecule has 0 atom stereocenters. The van der Waals surface area contributed by atoms with Gasteiger partial charge in [-0.15, -0.1) is 0 Å². The molecular formula is C40H26N2O. The molecule has 0 saturated carbocycles. The van der Waals surface area contributed by atoms with Gasteiger partial charge in [-0.2, -0.15) is 0 Å². The van der Waals surface area contributed by atoms with Crippen LogP contribution < -0.4 is 4.90 Å². The molecule has 0 aliphatic carbocycles. The van der Waals surface area contributed by atoms with Gasteiger partial charge in [0.15, 0.2) is 0 Å². The van der Waals surface area contributed by atoms with Crippen molar-refractivity contribution < 1.29 is 4.42 Å². The van der Waals surface area contributed by atoms with Crippen LogP contribution in [0.15, 0.2) is 162 Å². The highest BCUT2D eigenvalue weighted by Crippen LogP contribution is 2.44. The summed E-state index contributed by atoms with van der Waals surface area (Å²) in [5.41, 5.74) is 8.67. The largest absolute Gasteiger partial charge is 0.456 e. The van der Waals surface area contributed by atoms with Crippen molar-refractivity contribution in [2.75, 3.05) is 4.90 Å². The van der Waals surface area contributed by atoms with Gasteiger partial charge in [-0.3, -0.25) is 0 Å². The molecule has 0 bridgehead atoms. The van der Waals surface area contributed by atoms with E-state index in [9.17, 15) is 0 Å². The molecule has 202 valence electrons. The third kappa shape index (κ3) is 3.68. The zero-order valence-electron chi connectivity index (χ0n) is 23.3. The van der Waals surface area contributed by atoms with Crippen molar-refractivity contribution in [1.82, 2.24) is 4.57 Å². The van der Waals surface area contributed by atoms with Gasteiger partial charge in [0.05, 0.1) is 16.7 Å². The number of furan rings is 1. The summed E-state index contributed by atoms with van der Waals surface area (Å²) in [6.45, 7) is 0. The lowest BCUT2D eigenvalue weighted by Crippen LogP contribution is -2.11. The molecule has 0 amide bonds. The maximum atomic E-state index is 6.20. The van der Waals surface area contributed by atoms with Gasteiger partial charge in [0.1, 0.15) is 11.2 Å². The van der Waals surface area contributed by atoms with E-state index < -0.39 is 0 Å². The molecule has 0 N–H and O–H groups in total. The monoisotopic (exact) mass is 550 g/mol. The second kappa shape index (κ2) is 9.37. The fourth-order valence-electron chi connectivity index (χ4n) is 6.63. The number of fused-ring (bicyclic) bond motifs is 7. The van der Waals surface area contributed by atoms with E-state index in [4.69, 9.17) is 4.42 Å². The van der Waals surface area contributed by atoms with E-state index in [1.807, 2.05) is 12.1 Å². The molecule has 3 nitrogen and oxygen atoms in total. The first-order valence-electron chi connectivity index (χ1n) is 14.6. The van der Waals surface area contributed by atoms with Crippen molar-refractivity contribution in [3.63, 3.8) is 0 Å². The van der Waals surface area contributed by atoms with Gasteiger partial charge in [-0.1, -0.05) is 91.0 Å². The summed E-state index contributed by atoms with van der Waals surface area (Å²) in [5.74, 6) is 0. The molecule has 9 aromatic rings. The van der Waals surface area contributed by atoms with Crippen LogP contribution in [-0.4, -0.2) is 4.57 Å². The van der Waals surface area contributed by atoms with E-state index in [0.717, 1.165) is 50.1 Å². The average molecular weight is 551 g/mol. The van der Waals surface area contributed by atoms with E-state index >= 15 is 0 Å². The van der Waals surface area contributed by atoms with Crippen LogP contribution in [-0.2, 0) is 0 Å². The summed E-state index contributed by atoms with van der Waals surface area (Å²) in [6, 6.07) is 56.1. The van der Waals surface area contributed by atoms with Crippen molar-refractivity contribution in [1.29, 1.82) is 0 Å². The van der Waals surface area contributed by atoms with Crippen molar-refractivity contribution in [2.45, 2.75) is 0 Å². The normalized spacial score (nSPS) is 11.7. The minimum atomic E-state index is 0.915. The number of aromatic nitrogens is 1. The number of para-hydroxylation sites is 5. The average Bonchev–Trinajstić information content (AvgIpc) is 3.60. The second-order valence-corrected chi connectivity index (χ2v) is 11.0. The van der Waals surface area contributed by atoms with Crippen LogP contribution in [0.25, 0.3) is 60.2 Å². The van der Waals surface area contributed by atoms with Crippen LogP contribution in [0.2, 0.25) is 0 Å². The van der Waals surface area contributed by atoms with Crippen LogP contribution >= 0.6 is 0 Å². The van der Waals surface area contributed by atoms with E-state index in [1.54, 1.807) is 0 Å². The molecule has 3 heteroatoms.